The number of rotatable bonds is 5. The van der Waals surface area contributed by atoms with Crippen LogP contribution in [-0.2, 0) is 0 Å². The molecule has 11 nitrogen and oxygen atoms in total. The third kappa shape index (κ3) is 6.07. The number of fused-ring (bicyclic) bond motifs is 13. The van der Waals surface area contributed by atoms with Gasteiger partial charge in [-0.3, -0.25) is 9.55 Å². The summed E-state index contributed by atoms with van der Waals surface area (Å²) in [5.74, 6) is 1.61. The Hall–Kier alpha value is -9.74. The van der Waals surface area contributed by atoms with Crippen LogP contribution < -0.4 is 0 Å². The van der Waals surface area contributed by atoms with Crippen LogP contribution in [0.5, 0.6) is 0 Å². The van der Waals surface area contributed by atoms with Gasteiger partial charge in [0, 0.05) is 50.2 Å². The molecule has 0 N–H and O–H groups in total. The quantitative estimate of drug-likeness (QED) is 0.168. The van der Waals surface area contributed by atoms with Crippen LogP contribution in [-0.4, -0.2) is 43.6 Å². The molecule has 0 atom stereocenters. The lowest BCUT2D eigenvalue weighted by molar-refractivity contribution is 0.641. The first kappa shape index (κ1) is 38.5. The summed E-state index contributed by atoms with van der Waals surface area (Å²) in [6.07, 6.45) is 5.22. The summed E-state index contributed by atoms with van der Waals surface area (Å²) in [6, 6.07) is 65.6. The fraction of sp³-hybridized carbons (Fsp3) is 0. The Morgan fingerprint density at radius 1 is 0.362 bits per heavy atom. The molecule has 15 rings (SSSR count). The number of para-hydroxylation sites is 5. The average Bonchev–Trinajstić information content (AvgIpc) is 4.22. The van der Waals surface area contributed by atoms with Crippen molar-refractivity contribution < 1.29 is 8.83 Å². The molecule has 0 saturated carbocycles. The van der Waals surface area contributed by atoms with Crippen molar-refractivity contribution in [1.82, 2.24) is 43.6 Å². The molecule has 0 unspecified atom stereocenters. The number of nitrogens with zero attached hydrogens (tertiary/aromatic N) is 9. The first-order valence-corrected chi connectivity index (χ1v) is 22.6. The Morgan fingerprint density at radius 2 is 0.870 bits per heavy atom. The van der Waals surface area contributed by atoms with Crippen molar-refractivity contribution in [2.45, 2.75) is 0 Å². The number of benzene rings is 7. The van der Waals surface area contributed by atoms with Gasteiger partial charge in [0.2, 0.25) is 17.4 Å². The number of furan rings is 2. The second-order valence-corrected chi connectivity index (χ2v) is 16.8. The highest BCUT2D eigenvalue weighted by molar-refractivity contribution is 6.19. The number of hydrogen-bond acceptors (Lipinski definition) is 8. The van der Waals surface area contributed by atoms with Crippen molar-refractivity contribution in [2.75, 3.05) is 0 Å². The summed E-state index contributed by atoms with van der Waals surface area (Å²) in [5, 5.41) is 6.52. The minimum atomic E-state index is 0.465. The summed E-state index contributed by atoms with van der Waals surface area (Å²) < 4.78 is 18.9. The molecule has 8 aromatic heterocycles. The topological polar surface area (TPSA) is 118 Å². The van der Waals surface area contributed by atoms with E-state index in [0.29, 0.717) is 23.3 Å². The first-order chi connectivity index (χ1) is 34.2. The molecule has 69 heavy (non-hydrogen) atoms. The highest BCUT2D eigenvalue weighted by Gasteiger charge is 2.24. The van der Waals surface area contributed by atoms with Crippen LogP contribution in [0.4, 0.5) is 0 Å². The van der Waals surface area contributed by atoms with Crippen LogP contribution in [0, 0.1) is 0 Å². The number of aromatic nitrogens is 9. The van der Waals surface area contributed by atoms with Crippen molar-refractivity contribution >= 4 is 88.0 Å². The highest BCUT2D eigenvalue weighted by Crippen LogP contribution is 2.40. The molecule has 0 aliphatic carbocycles. The van der Waals surface area contributed by atoms with E-state index in [1.54, 1.807) is 12.5 Å². The van der Waals surface area contributed by atoms with Gasteiger partial charge in [-0.15, -0.1) is 0 Å². The normalized spacial score (nSPS) is 11.8. The molecule has 0 aliphatic heterocycles. The second-order valence-electron chi connectivity index (χ2n) is 16.8. The van der Waals surface area contributed by atoms with Crippen molar-refractivity contribution in [3.8, 4) is 40.1 Å². The minimum absolute atomic E-state index is 0.465. The third-order valence-electron chi connectivity index (χ3n) is 12.8. The first-order valence-electron chi connectivity index (χ1n) is 22.6. The zero-order valence-electron chi connectivity index (χ0n) is 36.5. The van der Waals surface area contributed by atoms with Crippen molar-refractivity contribution in [2.24, 2.45) is 0 Å². The second kappa shape index (κ2) is 15.4. The molecule has 0 saturated heterocycles. The van der Waals surface area contributed by atoms with Crippen molar-refractivity contribution in [3.63, 3.8) is 0 Å². The van der Waals surface area contributed by atoms with Gasteiger partial charge in [-0.1, -0.05) is 121 Å². The lowest BCUT2D eigenvalue weighted by atomic mass is 10.1. The Balaban J connectivity index is 0.000000169. The molecule has 11 heteroatoms. The van der Waals surface area contributed by atoms with E-state index in [0.717, 1.165) is 83.0 Å². The van der Waals surface area contributed by atoms with Crippen LogP contribution >= 0.6 is 0 Å². The summed E-state index contributed by atoms with van der Waals surface area (Å²) in [7, 11) is 0. The van der Waals surface area contributed by atoms with E-state index in [1.165, 1.54) is 21.8 Å². The van der Waals surface area contributed by atoms with Crippen LogP contribution in [0.15, 0.2) is 222 Å². The SMILES string of the molecule is c1ccc(-c2nc(-c3ccc(-n4c5ccccc5c5ccccc54)cc3)nc(-n3c4cccnc4c4c5ccccc5oc43)n2)cc1.c1ccc(-n2c3cncnc3c3c4ccccc4oc32)cc1. The smallest absolute Gasteiger partial charge is 0.241 e. The van der Waals surface area contributed by atoms with Gasteiger partial charge in [-0.25, -0.2) is 19.5 Å². The van der Waals surface area contributed by atoms with E-state index in [1.807, 2.05) is 108 Å². The minimum Gasteiger partial charge on any atom is -0.439 e. The maximum Gasteiger partial charge on any atom is 0.241 e. The Kier molecular flexibility index (Phi) is 8.61. The summed E-state index contributed by atoms with van der Waals surface area (Å²) >= 11 is 0. The van der Waals surface area contributed by atoms with Gasteiger partial charge in [0.1, 0.15) is 28.5 Å². The summed E-state index contributed by atoms with van der Waals surface area (Å²) in [6.45, 7) is 0. The van der Waals surface area contributed by atoms with E-state index >= 15 is 0 Å². The van der Waals surface area contributed by atoms with E-state index in [9.17, 15) is 0 Å². The molecule has 0 spiro atoms. The number of pyridine rings is 1. The van der Waals surface area contributed by atoms with Gasteiger partial charge in [-0.2, -0.15) is 9.97 Å². The maximum atomic E-state index is 6.46. The van der Waals surface area contributed by atoms with Gasteiger partial charge in [-0.05, 0) is 72.8 Å². The molecule has 0 fully saturated rings. The fourth-order valence-corrected chi connectivity index (χ4v) is 9.81. The fourth-order valence-electron chi connectivity index (χ4n) is 9.81. The Morgan fingerprint density at radius 3 is 1.52 bits per heavy atom. The van der Waals surface area contributed by atoms with Gasteiger partial charge in [0.25, 0.3) is 0 Å². The Labute approximate surface area is 391 Å². The molecular weight excluding hydrogens is 855 g/mol. The van der Waals surface area contributed by atoms with Crippen LogP contribution in [0.2, 0.25) is 0 Å². The molecule has 7 aromatic carbocycles. The zero-order valence-corrected chi connectivity index (χ0v) is 36.5. The molecule has 8 heterocycles. The monoisotopic (exact) mass is 889 g/mol. The predicted molar refractivity (Wildman–Crippen MR) is 273 cm³/mol. The average molecular weight is 890 g/mol. The van der Waals surface area contributed by atoms with E-state index in [2.05, 4.69) is 116 Å². The van der Waals surface area contributed by atoms with Crippen LogP contribution in [0.25, 0.3) is 128 Å². The molecule has 15 aromatic rings. The highest BCUT2D eigenvalue weighted by atomic mass is 16.3. The molecule has 0 aliphatic rings. The van der Waals surface area contributed by atoms with Crippen molar-refractivity contribution in [1.29, 1.82) is 0 Å². The zero-order chi connectivity index (χ0) is 45.4. The van der Waals surface area contributed by atoms with Gasteiger partial charge >= 0.3 is 0 Å². The number of hydrogen-bond donors (Lipinski definition) is 0. The molecule has 0 radical (unpaired) electrons. The molecule has 0 amide bonds. The largest absolute Gasteiger partial charge is 0.439 e. The van der Waals surface area contributed by atoms with Crippen LogP contribution in [0.1, 0.15) is 0 Å². The predicted octanol–water partition coefficient (Wildman–Crippen LogP) is 13.9. The van der Waals surface area contributed by atoms with Gasteiger partial charge in [0.05, 0.1) is 39.0 Å². The van der Waals surface area contributed by atoms with E-state index < -0.39 is 0 Å². The lowest BCUT2D eigenvalue weighted by Crippen LogP contribution is -2.06. The van der Waals surface area contributed by atoms with E-state index in [-0.39, 0.29) is 0 Å². The molecule has 324 valence electrons. The van der Waals surface area contributed by atoms with Gasteiger partial charge < -0.3 is 13.4 Å². The lowest BCUT2D eigenvalue weighted by Gasteiger charge is -2.11. The van der Waals surface area contributed by atoms with E-state index in [4.69, 9.17) is 28.8 Å². The van der Waals surface area contributed by atoms with Crippen molar-refractivity contribution in [3.05, 3.63) is 213 Å². The maximum absolute atomic E-state index is 6.46. The van der Waals surface area contributed by atoms with Crippen LogP contribution in [0.3, 0.4) is 0 Å². The summed E-state index contributed by atoms with van der Waals surface area (Å²) in [5.41, 5.74) is 12.9. The molecular formula is C58H35N9O2. The van der Waals surface area contributed by atoms with Gasteiger partial charge in [0.15, 0.2) is 11.6 Å². The Bertz CT molecular complexity index is 4380. The standard InChI is InChI=1S/C40H24N6O.C18H11N3O/c1-2-11-25(12-3-1)37-42-38(26-20-22-27(23-21-26)45-31-16-7-4-13-28(31)29-14-5-8-17-32(29)45)44-40(43-37)46-33-18-10-24-41-36(33)35-30-15-6-9-19-34(30)47-39(35)46;1-2-6-12(7-3-1)21-14-10-19-11-20-17(14)16-13-8-4-5-9-15(13)22-18(16)21/h1-24H;1-11H. The molecule has 0 bridgehead atoms. The summed E-state index contributed by atoms with van der Waals surface area (Å²) in [4.78, 5) is 28.5. The third-order valence-corrected chi connectivity index (χ3v) is 12.8.